The molecule has 2 aromatic rings. The maximum absolute atomic E-state index is 13.2. The summed E-state index contributed by atoms with van der Waals surface area (Å²) in [6, 6.07) is 3.92. The van der Waals surface area contributed by atoms with Gasteiger partial charge in [-0.1, -0.05) is 11.6 Å². The van der Waals surface area contributed by atoms with Crippen molar-refractivity contribution < 1.29 is 23.7 Å². The van der Waals surface area contributed by atoms with Crippen LogP contribution in [0.4, 0.5) is 0 Å². The maximum Gasteiger partial charge on any atom is 0.256 e. The van der Waals surface area contributed by atoms with Crippen LogP contribution in [0, 0.1) is 19.8 Å². The molecule has 5 rings (SSSR count). The molecule has 10 heteroatoms. The number of ether oxygens (including phenoxy) is 4. The Balaban J connectivity index is 1.25. The fourth-order valence-electron chi connectivity index (χ4n) is 6.21. The minimum absolute atomic E-state index is 0.0110. The summed E-state index contributed by atoms with van der Waals surface area (Å²) in [4.78, 5) is 31.0. The summed E-state index contributed by atoms with van der Waals surface area (Å²) in [6.07, 6.45) is 5.79. The van der Waals surface area contributed by atoms with Gasteiger partial charge in [0.25, 0.3) is 11.5 Å². The SMILES string of the molecule is COc1cc(C)[nH]c(=O)c1CNC(=O)c1cc(Cl)c2c(c1C)O[C@@H](C1CCC(N3CC[C@@H](OC)C3)CC1)CO2. The van der Waals surface area contributed by atoms with E-state index in [-0.39, 0.29) is 24.1 Å². The van der Waals surface area contributed by atoms with Crippen LogP contribution in [0.2, 0.25) is 5.02 Å². The molecule has 0 unspecified atom stereocenters. The van der Waals surface area contributed by atoms with E-state index < -0.39 is 0 Å². The Hall–Kier alpha value is -2.75. The van der Waals surface area contributed by atoms with Crippen molar-refractivity contribution in [2.45, 2.75) is 70.7 Å². The van der Waals surface area contributed by atoms with Crippen LogP contribution in [0.15, 0.2) is 16.9 Å². The number of aryl methyl sites for hydroxylation is 1. The quantitative estimate of drug-likeness (QED) is 0.528. The molecule has 0 spiro atoms. The largest absolute Gasteiger partial charge is 0.496 e. The molecular formula is C29H38ClN3O6. The Kier molecular flexibility index (Phi) is 8.40. The molecule has 1 amide bonds. The van der Waals surface area contributed by atoms with Crippen LogP contribution in [0.25, 0.3) is 0 Å². The lowest BCUT2D eigenvalue weighted by molar-refractivity contribution is 0.0197. The van der Waals surface area contributed by atoms with Gasteiger partial charge in [0, 0.05) is 43.1 Å². The maximum atomic E-state index is 13.2. The lowest BCUT2D eigenvalue weighted by Gasteiger charge is -2.39. The number of H-pyrrole nitrogens is 1. The summed E-state index contributed by atoms with van der Waals surface area (Å²) in [7, 11) is 3.30. The molecule has 2 aliphatic heterocycles. The van der Waals surface area contributed by atoms with Gasteiger partial charge in [0.2, 0.25) is 0 Å². The van der Waals surface area contributed by atoms with Gasteiger partial charge in [0.05, 0.1) is 30.3 Å². The molecule has 2 fully saturated rings. The Morgan fingerprint density at radius 2 is 1.92 bits per heavy atom. The van der Waals surface area contributed by atoms with Gasteiger partial charge in [-0.05, 0) is 64.0 Å². The molecule has 39 heavy (non-hydrogen) atoms. The molecule has 2 N–H and O–H groups in total. The molecule has 1 saturated heterocycles. The highest BCUT2D eigenvalue weighted by Crippen LogP contribution is 2.45. The second kappa shape index (κ2) is 11.8. The molecule has 2 atom stereocenters. The standard InChI is InChI=1S/C29H38ClN3O6/c1-16-11-24(37-4)22(29(35)32-16)13-31-28(34)21-12-23(30)27-26(17(21)2)39-25(15-38-27)18-5-7-19(8-6-18)33-10-9-20(14-33)36-3/h11-12,18-20,25H,5-10,13-15H2,1-4H3,(H,31,34)(H,32,35)/t18?,19?,20-,25-/m1/s1. The zero-order valence-electron chi connectivity index (χ0n) is 23.1. The lowest BCUT2D eigenvalue weighted by atomic mass is 9.82. The minimum Gasteiger partial charge on any atom is -0.496 e. The predicted molar refractivity (Wildman–Crippen MR) is 148 cm³/mol. The second-order valence-electron chi connectivity index (χ2n) is 10.9. The van der Waals surface area contributed by atoms with Gasteiger partial charge in [0.15, 0.2) is 11.5 Å². The van der Waals surface area contributed by atoms with Gasteiger partial charge < -0.3 is 29.2 Å². The number of aromatic amines is 1. The molecule has 0 bridgehead atoms. The number of aromatic nitrogens is 1. The molecule has 212 valence electrons. The van der Waals surface area contributed by atoms with E-state index in [2.05, 4.69) is 15.2 Å². The predicted octanol–water partition coefficient (Wildman–Crippen LogP) is 4.00. The first-order valence-corrected chi connectivity index (χ1v) is 14.1. The van der Waals surface area contributed by atoms with Gasteiger partial charge in [-0.15, -0.1) is 0 Å². The van der Waals surface area contributed by atoms with Crippen LogP contribution < -0.4 is 25.1 Å². The van der Waals surface area contributed by atoms with E-state index in [9.17, 15) is 9.59 Å². The van der Waals surface area contributed by atoms with Crippen LogP contribution >= 0.6 is 11.6 Å². The van der Waals surface area contributed by atoms with Crippen LogP contribution in [0.1, 0.15) is 59.3 Å². The number of amides is 1. The topological polar surface area (TPSA) is 102 Å². The molecule has 3 heterocycles. The summed E-state index contributed by atoms with van der Waals surface area (Å²) >= 11 is 6.54. The third-order valence-electron chi connectivity index (χ3n) is 8.51. The first kappa shape index (κ1) is 27.8. The second-order valence-corrected chi connectivity index (χ2v) is 11.3. The van der Waals surface area contributed by atoms with Crippen molar-refractivity contribution in [3.8, 4) is 17.2 Å². The molecule has 1 saturated carbocycles. The first-order chi connectivity index (χ1) is 18.8. The van der Waals surface area contributed by atoms with Crippen molar-refractivity contribution >= 4 is 17.5 Å². The summed E-state index contributed by atoms with van der Waals surface area (Å²) < 4.78 is 23.5. The molecule has 1 aliphatic carbocycles. The molecule has 1 aromatic heterocycles. The number of hydrogen-bond acceptors (Lipinski definition) is 7. The number of pyridine rings is 1. The number of carbonyl (C=O) groups is 1. The van der Waals surface area contributed by atoms with E-state index in [1.807, 2.05) is 6.92 Å². The van der Waals surface area contributed by atoms with E-state index in [1.54, 1.807) is 26.2 Å². The van der Waals surface area contributed by atoms with Crippen molar-refractivity contribution in [1.82, 2.24) is 15.2 Å². The number of halogens is 1. The highest BCUT2D eigenvalue weighted by Gasteiger charge is 2.37. The van der Waals surface area contributed by atoms with Crippen molar-refractivity contribution in [1.29, 1.82) is 0 Å². The van der Waals surface area contributed by atoms with Crippen LogP contribution in [0.3, 0.4) is 0 Å². The zero-order valence-corrected chi connectivity index (χ0v) is 23.9. The number of nitrogens with zero attached hydrogens (tertiary/aromatic N) is 1. The Bertz CT molecular complexity index is 1270. The van der Waals surface area contributed by atoms with Crippen molar-refractivity contribution in [2.24, 2.45) is 5.92 Å². The molecular weight excluding hydrogens is 522 g/mol. The Morgan fingerprint density at radius 3 is 2.62 bits per heavy atom. The Morgan fingerprint density at radius 1 is 1.15 bits per heavy atom. The van der Waals surface area contributed by atoms with Gasteiger partial charge >= 0.3 is 0 Å². The molecule has 1 aromatic carbocycles. The highest BCUT2D eigenvalue weighted by molar-refractivity contribution is 6.32. The summed E-state index contributed by atoms with van der Waals surface area (Å²) in [5, 5.41) is 3.16. The van der Waals surface area contributed by atoms with E-state index in [1.165, 1.54) is 7.11 Å². The highest BCUT2D eigenvalue weighted by atomic mass is 35.5. The summed E-state index contributed by atoms with van der Waals surface area (Å²) in [6.45, 7) is 6.20. The number of nitrogens with one attached hydrogen (secondary N) is 2. The monoisotopic (exact) mass is 559 g/mol. The van der Waals surface area contributed by atoms with Crippen LogP contribution in [-0.4, -0.2) is 68.0 Å². The van der Waals surface area contributed by atoms with Gasteiger partial charge in [0.1, 0.15) is 18.5 Å². The number of benzene rings is 1. The molecule has 3 aliphatic rings. The van der Waals surface area contributed by atoms with Gasteiger partial charge in [-0.25, -0.2) is 0 Å². The summed E-state index contributed by atoms with van der Waals surface area (Å²) in [5.41, 5.74) is 1.78. The number of methoxy groups -OCH3 is 2. The number of likely N-dealkylation sites (tertiary alicyclic amines) is 1. The normalized spacial score (nSPS) is 24.9. The fourth-order valence-corrected chi connectivity index (χ4v) is 6.46. The summed E-state index contributed by atoms with van der Waals surface area (Å²) in [5.74, 6) is 1.46. The van der Waals surface area contributed by atoms with E-state index in [0.29, 0.717) is 69.3 Å². The van der Waals surface area contributed by atoms with Crippen molar-refractivity contribution in [3.05, 3.63) is 49.9 Å². The first-order valence-electron chi connectivity index (χ1n) is 13.7. The smallest absolute Gasteiger partial charge is 0.256 e. The third kappa shape index (κ3) is 5.76. The van der Waals surface area contributed by atoms with Crippen molar-refractivity contribution in [2.75, 3.05) is 33.9 Å². The van der Waals surface area contributed by atoms with E-state index in [0.717, 1.165) is 45.2 Å². The minimum atomic E-state index is -0.356. The number of fused-ring (bicyclic) bond motifs is 1. The third-order valence-corrected chi connectivity index (χ3v) is 8.79. The van der Waals surface area contributed by atoms with E-state index in [4.69, 9.17) is 30.5 Å². The molecule has 0 radical (unpaired) electrons. The average Bonchev–Trinajstić information content (AvgIpc) is 3.43. The molecule has 9 nitrogen and oxygen atoms in total. The number of hydrogen-bond donors (Lipinski definition) is 2. The van der Waals surface area contributed by atoms with Crippen LogP contribution in [-0.2, 0) is 11.3 Å². The van der Waals surface area contributed by atoms with Crippen LogP contribution in [0.5, 0.6) is 17.2 Å². The number of carbonyl (C=O) groups excluding carboxylic acids is 1. The Labute approximate surface area is 234 Å². The average molecular weight is 560 g/mol. The number of rotatable bonds is 7. The van der Waals surface area contributed by atoms with Gasteiger partial charge in [-0.2, -0.15) is 0 Å². The fraction of sp³-hybridized carbons (Fsp3) is 0.586. The van der Waals surface area contributed by atoms with E-state index >= 15 is 0 Å². The zero-order chi connectivity index (χ0) is 27.7. The van der Waals surface area contributed by atoms with Crippen molar-refractivity contribution in [3.63, 3.8) is 0 Å². The van der Waals surface area contributed by atoms with Gasteiger partial charge in [-0.3, -0.25) is 14.5 Å². The lowest BCUT2D eigenvalue weighted by Crippen LogP contribution is -2.43.